The lowest BCUT2D eigenvalue weighted by Crippen LogP contribution is -2.31. The van der Waals surface area contributed by atoms with Crippen LogP contribution >= 0.6 is 11.8 Å². The minimum Gasteiger partial charge on any atom is -0.309 e. The SMILES string of the molecule is CCCNC(c1ccccc1)C(CC)SC1CCCC1. The van der Waals surface area contributed by atoms with Crippen molar-refractivity contribution in [2.45, 2.75) is 68.9 Å². The van der Waals surface area contributed by atoms with Crippen LogP contribution in [0.15, 0.2) is 30.3 Å². The van der Waals surface area contributed by atoms with Gasteiger partial charge in [0.25, 0.3) is 0 Å². The van der Waals surface area contributed by atoms with Crippen LogP contribution in [0.4, 0.5) is 0 Å². The highest BCUT2D eigenvalue weighted by Crippen LogP contribution is 2.38. The molecule has 1 nitrogen and oxygen atoms in total. The van der Waals surface area contributed by atoms with Crippen molar-refractivity contribution in [2.75, 3.05) is 6.54 Å². The maximum absolute atomic E-state index is 3.79. The zero-order valence-electron chi connectivity index (χ0n) is 13.0. The summed E-state index contributed by atoms with van der Waals surface area (Å²) in [6.45, 7) is 5.71. The van der Waals surface area contributed by atoms with Gasteiger partial charge in [-0.25, -0.2) is 0 Å². The third-order valence-corrected chi connectivity index (χ3v) is 6.03. The van der Waals surface area contributed by atoms with E-state index in [1.807, 2.05) is 0 Å². The summed E-state index contributed by atoms with van der Waals surface area (Å²) in [6, 6.07) is 11.5. The molecular weight excluding hydrogens is 262 g/mol. The lowest BCUT2D eigenvalue weighted by Gasteiger charge is -2.29. The van der Waals surface area contributed by atoms with Gasteiger partial charge in [0.1, 0.15) is 0 Å². The van der Waals surface area contributed by atoms with Crippen LogP contribution < -0.4 is 5.32 Å². The van der Waals surface area contributed by atoms with E-state index < -0.39 is 0 Å². The molecule has 0 saturated heterocycles. The van der Waals surface area contributed by atoms with Gasteiger partial charge in [-0.05, 0) is 37.8 Å². The van der Waals surface area contributed by atoms with Crippen molar-refractivity contribution in [1.29, 1.82) is 0 Å². The molecule has 1 aliphatic carbocycles. The average Bonchev–Trinajstić information content (AvgIpc) is 3.00. The Hall–Kier alpha value is -0.470. The van der Waals surface area contributed by atoms with Crippen LogP contribution in [0.5, 0.6) is 0 Å². The Labute approximate surface area is 128 Å². The molecule has 112 valence electrons. The molecule has 1 aliphatic rings. The largest absolute Gasteiger partial charge is 0.309 e. The molecule has 1 aromatic rings. The van der Waals surface area contributed by atoms with Crippen LogP contribution in [-0.4, -0.2) is 17.0 Å². The summed E-state index contributed by atoms with van der Waals surface area (Å²) in [7, 11) is 0. The number of thioether (sulfide) groups is 1. The van der Waals surface area contributed by atoms with Gasteiger partial charge < -0.3 is 5.32 Å². The van der Waals surface area contributed by atoms with Crippen molar-refractivity contribution in [3.63, 3.8) is 0 Å². The molecule has 0 radical (unpaired) electrons. The van der Waals surface area contributed by atoms with E-state index in [0.29, 0.717) is 11.3 Å². The molecule has 2 unspecified atom stereocenters. The Balaban J connectivity index is 2.06. The molecule has 0 spiro atoms. The topological polar surface area (TPSA) is 12.0 Å². The van der Waals surface area contributed by atoms with E-state index in [1.165, 1.54) is 44.1 Å². The number of benzene rings is 1. The Morgan fingerprint density at radius 1 is 1.15 bits per heavy atom. The Morgan fingerprint density at radius 3 is 2.45 bits per heavy atom. The number of rotatable bonds is 8. The maximum Gasteiger partial charge on any atom is 0.0440 e. The highest BCUT2D eigenvalue weighted by atomic mass is 32.2. The van der Waals surface area contributed by atoms with Crippen LogP contribution in [0.1, 0.15) is 64.0 Å². The van der Waals surface area contributed by atoms with Crippen LogP contribution in [-0.2, 0) is 0 Å². The van der Waals surface area contributed by atoms with Gasteiger partial charge in [0, 0.05) is 16.5 Å². The molecule has 1 fully saturated rings. The first-order chi connectivity index (χ1) is 9.85. The number of hydrogen-bond donors (Lipinski definition) is 1. The van der Waals surface area contributed by atoms with E-state index in [4.69, 9.17) is 0 Å². The third kappa shape index (κ3) is 4.53. The first-order valence-corrected chi connectivity index (χ1v) is 9.23. The summed E-state index contributed by atoms with van der Waals surface area (Å²) < 4.78 is 0. The van der Waals surface area contributed by atoms with Crippen molar-refractivity contribution in [2.24, 2.45) is 0 Å². The first-order valence-electron chi connectivity index (χ1n) is 8.29. The van der Waals surface area contributed by atoms with Gasteiger partial charge in [-0.3, -0.25) is 0 Å². The fraction of sp³-hybridized carbons (Fsp3) is 0.667. The fourth-order valence-corrected chi connectivity index (χ4v) is 4.81. The molecular formula is C18H29NS. The molecule has 2 atom stereocenters. The standard InChI is InChI=1S/C18H29NS/c1-3-14-19-18(15-10-6-5-7-11-15)17(4-2)20-16-12-8-9-13-16/h5-7,10-11,16-19H,3-4,8-9,12-14H2,1-2H3. The predicted molar refractivity (Wildman–Crippen MR) is 91.4 cm³/mol. The fourth-order valence-electron chi connectivity index (χ4n) is 3.11. The van der Waals surface area contributed by atoms with Crippen LogP contribution in [0.2, 0.25) is 0 Å². The number of hydrogen-bond acceptors (Lipinski definition) is 2. The zero-order chi connectivity index (χ0) is 14.2. The highest BCUT2D eigenvalue weighted by molar-refractivity contribution is 8.00. The van der Waals surface area contributed by atoms with E-state index in [-0.39, 0.29) is 0 Å². The van der Waals surface area contributed by atoms with Crippen molar-refractivity contribution < 1.29 is 0 Å². The van der Waals surface area contributed by atoms with Gasteiger partial charge in [-0.1, -0.05) is 57.0 Å². The van der Waals surface area contributed by atoms with E-state index in [2.05, 4.69) is 61.3 Å². The molecule has 0 aliphatic heterocycles. The summed E-state index contributed by atoms with van der Waals surface area (Å²) in [6.07, 6.45) is 8.18. The monoisotopic (exact) mass is 291 g/mol. The minimum absolute atomic E-state index is 0.506. The van der Waals surface area contributed by atoms with Crippen molar-refractivity contribution in [1.82, 2.24) is 5.32 Å². The van der Waals surface area contributed by atoms with Gasteiger partial charge in [-0.15, -0.1) is 0 Å². The molecule has 0 bridgehead atoms. The Kier molecular flexibility index (Phi) is 6.95. The summed E-state index contributed by atoms with van der Waals surface area (Å²) in [4.78, 5) is 0. The Bertz CT molecular complexity index is 359. The molecule has 20 heavy (non-hydrogen) atoms. The number of nitrogens with one attached hydrogen (secondary N) is 1. The highest BCUT2D eigenvalue weighted by Gasteiger charge is 2.26. The first kappa shape index (κ1) is 15.9. The average molecular weight is 292 g/mol. The lowest BCUT2D eigenvalue weighted by atomic mass is 10.0. The van der Waals surface area contributed by atoms with Crippen molar-refractivity contribution >= 4 is 11.8 Å². The second-order valence-corrected chi connectivity index (χ2v) is 7.38. The lowest BCUT2D eigenvalue weighted by molar-refractivity contribution is 0.504. The Morgan fingerprint density at radius 2 is 1.85 bits per heavy atom. The van der Waals surface area contributed by atoms with E-state index in [1.54, 1.807) is 0 Å². The van der Waals surface area contributed by atoms with E-state index in [9.17, 15) is 0 Å². The van der Waals surface area contributed by atoms with E-state index in [0.717, 1.165) is 11.8 Å². The van der Waals surface area contributed by atoms with Crippen LogP contribution in [0.3, 0.4) is 0 Å². The maximum atomic E-state index is 3.79. The van der Waals surface area contributed by atoms with Crippen LogP contribution in [0.25, 0.3) is 0 Å². The van der Waals surface area contributed by atoms with Crippen molar-refractivity contribution in [3.05, 3.63) is 35.9 Å². The molecule has 1 N–H and O–H groups in total. The van der Waals surface area contributed by atoms with Gasteiger partial charge in [0.05, 0.1) is 0 Å². The predicted octanol–water partition coefficient (Wildman–Crippen LogP) is 5.18. The second-order valence-electron chi connectivity index (χ2n) is 5.83. The zero-order valence-corrected chi connectivity index (χ0v) is 13.8. The molecule has 0 aromatic heterocycles. The molecule has 0 amide bonds. The second kappa shape index (κ2) is 8.74. The third-order valence-electron chi connectivity index (χ3n) is 4.22. The normalized spacial score (nSPS) is 19.1. The van der Waals surface area contributed by atoms with Gasteiger partial charge in [0.15, 0.2) is 0 Å². The smallest absolute Gasteiger partial charge is 0.0440 e. The molecule has 2 rings (SSSR count). The molecule has 1 saturated carbocycles. The summed E-state index contributed by atoms with van der Waals surface area (Å²) in [5.74, 6) is 0. The summed E-state index contributed by atoms with van der Waals surface area (Å²) >= 11 is 2.24. The van der Waals surface area contributed by atoms with Gasteiger partial charge >= 0.3 is 0 Å². The van der Waals surface area contributed by atoms with Crippen LogP contribution in [0, 0.1) is 0 Å². The summed E-state index contributed by atoms with van der Waals surface area (Å²) in [5, 5.41) is 5.39. The minimum atomic E-state index is 0.506. The van der Waals surface area contributed by atoms with Crippen molar-refractivity contribution in [3.8, 4) is 0 Å². The van der Waals surface area contributed by atoms with Gasteiger partial charge in [-0.2, -0.15) is 11.8 Å². The summed E-state index contributed by atoms with van der Waals surface area (Å²) in [5.41, 5.74) is 1.46. The quantitative estimate of drug-likeness (QED) is 0.708. The molecule has 1 aromatic carbocycles. The molecule has 2 heteroatoms. The molecule has 0 heterocycles. The van der Waals surface area contributed by atoms with Gasteiger partial charge in [0.2, 0.25) is 0 Å². The van der Waals surface area contributed by atoms with E-state index >= 15 is 0 Å².